The Kier molecular flexibility index (Phi) is 5.80. The summed E-state index contributed by atoms with van der Waals surface area (Å²) in [6.07, 6.45) is 2.35. The Morgan fingerprint density at radius 3 is 2.32 bits per heavy atom. The summed E-state index contributed by atoms with van der Waals surface area (Å²) in [4.78, 5) is 14.0. The Labute approximate surface area is 116 Å². The summed E-state index contributed by atoms with van der Waals surface area (Å²) < 4.78 is 22.5. The van der Waals surface area contributed by atoms with Gasteiger partial charge >= 0.3 is 0 Å². The molecule has 5 nitrogen and oxygen atoms in total. The van der Waals surface area contributed by atoms with E-state index in [2.05, 4.69) is 24.1 Å². The van der Waals surface area contributed by atoms with Crippen molar-refractivity contribution in [3.63, 3.8) is 0 Å². The highest BCUT2D eigenvalue weighted by Gasteiger charge is 2.24. The minimum atomic E-state index is -3.30. The lowest BCUT2D eigenvalue weighted by atomic mass is 9.92. The smallest absolute Gasteiger partial charge is 0.238 e. The van der Waals surface area contributed by atoms with Crippen molar-refractivity contribution in [1.82, 2.24) is 10.2 Å². The van der Waals surface area contributed by atoms with Gasteiger partial charge in [-0.3, -0.25) is 4.79 Å². The Hall–Kier alpha value is -0.620. The molecule has 1 N–H and O–H groups in total. The van der Waals surface area contributed by atoms with Gasteiger partial charge in [0, 0.05) is 32.4 Å². The van der Waals surface area contributed by atoms with Crippen molar-refractivity contribution >= 4 is 15.7 Å². The molecule has 0 unspecified atom stereocenters. The Balaban J connectivity index is 2.32. The van der Waals surface area contributed by atoms with Crippen molar-refractivity contribution in [2.45, 2.75) is 32.4 Å². The number of hydrogen-bond acceptors (Lipinski definition) is 4. The summed E-state index contributed by atoms with van der Waals surface area (Å²) in [6.45, 7) is 9.33. The number of nitrogens with one attached hydrogen (secondary N) is 1. The second kappa shape index (κ2) is 6.70. The maximum atomic E-state index is 11.7. The molecular formula is C13H26N2O3S. The summed E-state index contributed by atoms with van der Waals surface area (Å²) in [7, 11) is -3.30. The van der Waals surface area contributed by atoms with E-state index in [1.165, 1.54) is 13.3 Å². The average Bonchev–Trinajstić information content (AvgIpc) is 2.25. The summed E-state index contributed by atoms with van der Waals surface area (Å²) in [6, 6.07) is 0. The van der Waals surface area contributed by atoms with Crippen LogP contribution in [0, 0.1) is 11.8 Å². The van der Waals surface area contributed by atoms with Crippen LogP contribution < -0.4 is 5.32 Å². The lowest BCUT2D eigenvalue weighted by Crippen LogP contribution is -2.45. The van der Waals surface area contributed by atoms with E-state index < -0.39 is 21.0 Å². The predicted octanol–water partition coefficient (Wildman–Crippen LogP) is 0.514. The van der Waals surface area contributed by atoms with Gasteiger partial charge in [0.05, 0.1) is 0 Å². The molecule has 0 aromatic carbocycles. The van der Waals surface area contributed by atoms with Gasteiger partial charge in [0.25, 0.3) is 0 Å². The van der Waals surface area contributed by atoms with Crippen molar-refractivity contribution in [1.29, 1.82) is 0 Å². The monoisotopic (exact) mass is 290 g/mol. The quantitative estimate of drug-likeness (QED) is 0.801. The van der Waals surface area contributed by atoms with E-state index in [1.54, 1.807) is 0 Å². The van der Waals surface area contributed by atoms with Gasteiger partial charge in [0.1, 0.15) is 5.25 Å². The minimum Gasteiger partial charge on any atom is -0.354 e. The second-order valence-electron chi connectivity index (χ2n) is 5.97. The highest BCUT2D eigenvalue weighted by molar-refractivity contribution is 7.92. The van der Waals surface area contributed by atoms with E-state index in [9.17, 15) is 13.2 Å². The third-order valence-electron chi connectivity index (χ3n) is 3.68. The summed E-state index contributed by atoms with van der Waals surface area (Å²) in [5.41, 5.74) is 0. The first-order valence-corrected chi connectivity index (χ1v) is 8.84. The van der Waals surface area contributed by atoms with E-state index >= 15 is 0 Å². The lowest BCUT2D eigenvalue weighted by Gasteiger charge is -2.34. The molecule has 112 valence electrons. The van der Waals surface area contributed by atoms with E-state index in [-0.39, 0.29) is 0 Å². The van der Waals surface area contributed by atoms with E-state index in [4.69, 9.17) is 0 Å². The summed E-state index contributed by atoms with van der Waals surface area (Å²) in [5, 5.41) is 1.74. The third-order valence-corrected chi connectivity index (χ3v) is 5.18. The van der Waals surface area contributed by atoms with Crippen molar-refractivity contribution in [2.75, 3.05) is 32.4 Å². The molecule has 1 saturated heterocycles. The molecule has 1 rings (SSSR count). The first-order chi connectivity index (χ1) is 8.70. The average molecular weight is 290 g/mol. The molecule has 0 aromatic rings. The van der Waals surface area contributed by atoms with Gasteiger partial charge in [-0.15, -0.1) is 0 Å². The predicted molar refractivity (Wildman–Crippen MR) is 76.7 cm³/mol. The zero-order chi connectivity index (χ0) is 14.6. The zero-order valence-electron chi connectivity index (χ0n) is 12.3. The molecule has 0 saturated carbocycles. The second-order valence-corrected chi connectivity index (χ2v) is 8.33. The van der Waals surface area contributed by atoms with Crippen LogP contribution in [0.25, 0.3) is 0 Å². The Morgan fingerprint density at radius 2 is 1.84 bits per heavy atom. The van der Waals surface area contributed by atoms with Gasteiger partial charge in [-0.25, -0.2) is 8.42 Å². The van der Waals surface area contributed by atoms with Crippen LogP contribution in [0.2, 0.25) is 0 Å². The molecule has 1 aliphatic heterocycles. The molecule has 19 heavy (non-hydrogen) atoms. The van der Waals surface area contributed by atoms with E-state index in [0.29, 0.717) is 18.4 Å². The van der Waals surface area contributed by atoms with Crippen molar-refractivity contribution in [3.8, 4) is 0 Å². The molecule has 6 heteroatoms. The maximum absolute atomic E-state index is 11.7. The van der Waals surface area contributed by atoms with Crippen LogP contribution in [0.4, 0.5) is 0 Å². The van der Waals surface area contributed by atoms with Crippen LogP contribution in [-0.2, 0) is 14.6 Å². The van der Waals surface area contributed by atoms with Crippen molar-refractivity contribution in [3.05, 3.63) is 0 Å². The van der Waals surface area contributed by atoms with Crippen LogP contribution in [0.3, 0.4) is 0 Å². The van der Waals surface area contributed by atoms with E-state index in [0.717, 1.165) is 25.9 Å². The van der Waals surface area contributed by atoms with Gasteiger partial charge in [0.15, 0.2) is 9.84 Å². The third kappa shape index (κ3) is 5.48. The normalized spacial score (nSPS) is 26.9. The number of carbonyl (C=O) groups excluding carboxylic acids is 1. The van der Waals surface area contributed by atoms with Gasteiger partial charge in [0.2, 0.25) is 5.91 Å². The zero-order valence-corrected chi connectivity index (χ0v) is 13.2. The topological polar surface area (TPSA) is 66.5 Å². The molecule has 1 amide bonds. The number of rotatable bonds is 5. The number of likely N-dealkylation sites (tertiary alicyclic amines) is 1. The fourth-order valence-electron chi connectivity index (χ4n) is 2.65. The first-order valence-electron chi connectivity index (χ1n) is 6.89. The molecule has 3 atom stereocenters. The highest BCUT2D eigenvalue weighted by atomic mass is 32.2. The van der Waals surface area contributed by atoms with Crippen LogP contribution in [0.5, 0.6) is 0 Å². The maximum Gasteiger partial charge on any atom is 0.238 e. The van der Waals surface area contributed by atoms with Gasteiger partial charge in [-0.1, -0.05) is 13.8 Å². The number of sulfone groups is 1. The SMILES string of the molecule is C[C@@H]1C[C@H](C)CN(CCNC(=O)[C@H](C)S(C)(=O)=O)C1. The minimum absolute atomic E-state index is 0.402. The van der Waals surface area contributed by atoms with Crippen molar-refractivity contribution < 1.29 is 13.2 Å². The molecule has 0 radical (unpaired) electrons. The van der Waals surface area contributed by atoms with Gasteiger partial charge < -0.3 is 10.2 Å². The van der Waals surface area contributed by atoms with Crippen molar-refractivity contribution in [2.24, 2.45) is 11.8 Å². The fraction of sp³-hybridized carbons (Fsp3) is 0.923. The van der Waals surface area contributed by atoms with Gasteiger partial charge in [-0.2, -0.15) is 0 Å². The number of carbonyl (C=O) groups is 1. The molecular weight excluding hydrogens is 264 g/mol. The molecule has 0 aromatic heterocycles. The number of nitrogens with zero attached hydrogens (tertiary/aromatic N) is 1. The van der Waals surface area contributed by atoms with Crippen LogP contribution in [-0.4, -0.2) is 56.9 Å². The lowest BCUT2D eigenvalue weighted by molar-refractivity contribution is -0.120. The van der Waals surface area contributed by atoms with Crippen LogP contribution in [0.1, 0.15) is 27.2 Å². The molecule has 1 heterocycles. The van der Waals surface area contributed by atoms with Crippen LogP contribution in [0.15, 0.2) is 0 Å². The Morgan fingerprint density at radius 1 is 1.32 bits per heavy atom. The molecule has 0 bridgehead atoms. The standard InChI is InChI=1S/C13H26N2O3S/c1-10-7-11(2)9-15(8-10)6-5-14-13(16)12(3)19(4,17)18/h10-12H,5-9H2,1-4H3,(H,14,16)/t10-,11+,12-/m0/s1. The molecule has 0 aliphatic carbocycles. The highest BCUT2D eigenvalue weighted by Crippen LogP contribution is 2.20. The number of amides is 1. The fourth-order valence-corrected chi connectivity index (χ4v) is 3.12. The first kappa shape index (κ1) is 16.4. The van der Waals surface area contributed by atoms with Crippen LogP contribution >= 0.6 is 0 Å². The van der Waals surface area contributed by atoms with Gasteiger partial charge in [-0.05, 0) is 25.2 Å². The largest absolute Gasteiger partial charge is 0.354 e. The molecule has 1 aliphatic rings. The molecule has 1 fully saturated rings. The summed E-state index contributed by atoms with van der Waals surface area (Å²) in [5.74, 6) is 0.976. The molecule has 0 spiro atoms. The number of hydrogen-bond donors (Lipinski definition) is 1. The van der Waals surface area contributed by atoms with E-state index in [1.807, 2.05) is 0 Å². The summed E-state index contributed by atoms with van der Waals surface area (Å²) >= 11 is 0. The Bertz CT molecular complexity index is 398. The number of piperidine rings is 1.